The minimum Gasteiger partial charge on any atom is -0.454 e. The second-order valence-corrected chi connectivity index (χ2v) is 4.57. The Morgan fingerprint density at radius 1 is 1.21 bits per heavy atom. The van der Waals surface area contributed by atoms with Crippen LogP contribution >= 0.6 is 12.4 Å². The van der Waals surface area contributed by atoms with E-state index in [1.54, 1.807) is 18.2 Å². The predicted molar refractivity (Wildman–Crippen MR) is 73.2 cm³/mol. The highest BCUT2D eigenvalue weighted by molar-refractivity contribution is 5.95. The lowest BCUT2D eigenvalue weighted by Crippen LogP contribution is -2.42. The van der Waals surface area contributed by atoms with Crippen LogP contribution in [-0.4, -0.2) is 31.8 Å². The normalized spacial score (nSPS) is 17.7. The number of hydrogen-bond donors (Lipinski definition) is 2. The highest BCUT2D eigenvalue weighted by atomic mass is 35.5. The first-order chi connectivity index (χ1) is 8.83. The minimum absolute atomic E-state index is 0. The molecule has 6 heteroatoms. The van der Waals surface area contributed by atoms with E-state index in [4.69, 9.17) is 9.47 Å². The molecule has 0 atom stereocenters. The number of fused-ring (bicyclic) bond motifs is 1. The van der Waals surface area contributed by atoms with Crippen LogP contribution in [0.3, 0.4) is 0 Å². The van der Waals surface area contributed by atoms with Crippen molar-refractivity contribution in [3.05, 3.63) is 23.8 Å². The quantitative estimate of drug-likeness (QED) is 0.860. The van der Waals surface area contributed by atoms with Gasteiger partial charge in [0.15, 0.2) is 11.5 Å². The van der Waals surface area contributed by atoms with E-state index in [9.17, 15) is 4.79 Å². The van der Waals surface area contributed by atoms with Gasteiger partial charge in [-0.3, -0.25) is 4.79 Å². The molecule has 0 bridgehead atoms. The van der Waals surface area contributed by atoms with Crippen molar-refractivity contribution in [3.8, 4) is 11.5 Å². The van der Waals surface area contributed by atoms with Gasteiger partial charge in [0.1, 0.15) is 0 Å². The van der Waals surface area contributed by atoms with E-state index in [-0.39, 0.29) is 31.1 Å². The third-order valence-corrected chi connectivity index (χ3v) is 3.31. The van der Waals surface area contributed by atoms with Gasteiger partial charge in [-0.15, -0.1) is 12.4 Å². The minimum atomic E-state index is -0.0415. The molecule has 3 rings (SSSR count). The molecule has 2 heterocycles. The summed E-state index contributed by atoms with van der Waals surface area (Å²) in [7, 11) is 0. The summed E-state index contributed by atoms with van der Waals surface area (Å²) >= 11 is 0. The van der Waals surface area contributed by atoms with Gasteiger partial charge >= 0.3 is 0 Å². The number of piperidine rings is 1. The van der Waals surface area contributed by atoms with Crippen LogP contribution in [-0.2, 0) is 0 Å². The molecule has 2 aliphatic rings. The fraction of sp³-hybridized carbons (Fsp3) is 0.462. The van der Waals surface area contributed by atoms with E-state index < -0.39 is 0 Å². The number of benzene rings is 1. The van der Waals surface area contributed by atoms with Crippen LogP contribution in [0.4, 0.5) is 0 Å². The maximum Gasteiger partial charge on any atom is 0.251 e. The van der Waals surface area contributed by atoms with Gasteiger partial charge in [-0.25, -0.2) is 0 Å². The molecular formula is C13H17ClN2O3. The summed E-state index contributed by atoms with van der Waals surface area (Å²) in [6.45, 7) is 2.16. The Bertz CT molecular complexity index is 461. The molecule has 0 saturated carbocycles. The maximum atomic E-state index is 12.1. The summed E-state index contributed by atoms with van der Waals surface area (Å²) in [5, 5.41) is 6.32. The molecule has 0 aliphatic carbocycles. The number of carbonyl (C=O) groups is 1. The van der Waals surface area contributed by atoms with Crippen LogP contribution in [0.15, 0.2) is 18.2 Å². The fourth-order valence-electron chi connectivity index (χ4n) is 2.27. The molecule has 1 saturated heterocycles. The predicted octanol–water partition coefficient (Wildman–Crippen LogP) is 1.32. The molecular weight excluding hydrogens is 268 g/mol. The number of amides is 1. The van der Waals surface area contributed by atoms with Crippen LogP contribution in [0.25, 0.3) is 0 Å². The van der Waals surface area contributed by atoms with Crippen LogP contribution in [0.1, 0.15) is 23.2 Å². The lowest BCUT2D eigenvalue weighted by Gasteiger charge is -2.23. The number of nitrogens with one attached hydrogen (secondary N) is 2. The highest BCUT2D eigenvalue weighted by Crippen LogP contribution is 2.32. The fourth-order valence-corrected chi connectivity index (χ4v) is 2.27. The van der Waals surface area contributed by atoms with Crippen LogP contribution in [0.5, 0.6) is 11.5 Å². The lowest BCUT2D eigenvalue weighted by molar-refractivity contribution is 0.0929. The van der Waals surface area contributed by atoms with Crippen molar-refractivity contribution in [1.82, 2.24) is 10.6 Å². The molecule has 0 radical (unpaired) electrons. The van der Waals surface area contributed by atoms with E-state index in [2.05, 4.69) is 10.6 Å². The van der Waals surface area contributed by atoms with E-state index in [0.29, 0.717) is 17.1 Å². The van der Waals surface area contributed by atoms with E-state index in [1.807, 2.05) is 0 Å². The number of carbonyl (C=O) groups excluding carboxylic acids is 1. The van der Waals surface area contributed by atoms with E-state index >= 15 is 0 Å². The third-order valence-electron chi connectivity index (χ3n) is 3.31. The Balaban J connectivity index is 0.00000133. The zero-order valence-electron chi connectivity index (χ0n) is 10.5. The number of rotatable bonds is 2. The summed E-state index contributed by atoms with van der Waals surface area (Å²) < 4.78 is 10.5. The molecule has 0 unspecified atom stereocenters. The Kier molecular flexibility index (Phi) is 4.50. The topological polar surface area (TPSA) is 59.6 Å². The smallest absolute Gasteiger partial charge is 0.251 e. The third kappa shape index (κ3) is 3.11. The molecule has 0 aromatic heterocycles. The summed E-state index contributed by atoms with van der Waals surface area (Å²) in [6, 6.07) is 5.55. The number of ether oxygens (including phenoxy) is 2. The molecule has 2 N–H and O–H groups in total. The largest absolute Gasteiger partial charge is 0.454 e. The van der Waals surface area contributed by atoms with Crippen LogP contribution in [0, 0.1) is 0 Å². The Hall–Kier alpha value is -1.46. The van der Waals surface area contributed by atoms with Gasteiger partial charge in [0.2, 0.25) is 6.79 Å². The van der Waals surface area contributed by atoms with Crippen LogP contribution in [0.2, 0.25) is 0 Å². The lowest BCUT2D eigenvalue weighted by atomic mass is 10.1. The Morgan fingerprint density at radius 2 is 1.95 bits per heavy atom. The maximum absolute atomic E-state index is 12.1. The van der Waals surface area contributed by atoms with Gasteiger partial charge in [0.05, 0.1) is 0 Å². The number of hydrogen-bond acceptors (Lipinski definition) is 4. The standard InChI is InChI=1S/C13H16N2O3.ClH/c16-13(15-10-3-5-14-6-4-10)9-1-2-11-12(7-9)18-8-17-11;/h1-2,7,10,14H,3-6,8H2,(H,15,16);1H. The number of halogens is 1. The SMILES string of the molecule is Cl.O=C(NC1CCNCC1)c1ccc2c(c1)OCO2. The molecule has 19 heavy (non-hydrogen) atoms. The van der Waals surface area contributed by atoms with Crippen molar-refractivity contribution in [2.24, 2.45) is 0 Å². The van der Waals surface area contributed by atoms with E-state index in [1.165, 1.54) is 0 Å². The molecule has 1 aromatic carbocycles. The van der Waals surface area contributed by atoms with Gasteiger partial charge in [-0.2, -0.15) is 0 Å². The van der Waals surface area contributed by atoms with Crippen molar-refractivity contribution in [1.29, 1.82) is 0 Å². The van der Waals surface area contributed by atoms with Crippen molar-refractivity contribution < 1.29 is 14.3 Å². The van der Waals surface area contributed by atoms with Gasteiger partial charge < -0.3 is 20.1 Å². The average molecular weight is 285 g/mol. The second kappa shape index (κ2) is 6.12. The Morgan fingerprint density at radius 3 is 2.74 bits per heavy atom. The van der Waals surface area contributed by atoms with Gasteiger partial charge in [0, 0.05) is 11.6 Å². The summed E-state index contributed by atoms with van der Waals surface area (Å²) in [5.41, 5.74) is 0.623. The first-order valence-corrected chi connectivity index (χ1v) is 6.24. The Labute approximate surface area is 118 Å². The molecule has 0 spiro atoms. The van der Waals surface area contributed by atoms with Gasteiger partial charge in [-0.05, 0) is 44.1 Å². The summed E-state index contributed by atoms with van der Waals surface area (Å²) in [5.74, 6) is 1.31. The van der Waals surface area contributed by atoms with Gasteiger partial charge in [-0.1, -0.05) is 0 Å². The first kappa shape index (κ1) is 14.0. The van der Waals surface area contributed by atoms with Gasteiger partial charge in [0.25, 0.3) is 5.91 Å². The molecule has 5 nitrogen and oxygen atoms in total. The van der Waals surface area contributed by atoms with Crippen molar-refractivity contribution >= 4 is 18.3 Å². The highest BCUT2D eigenvalue weighted by Gasteiger charge is 2.19. The van der Waals surface area contributed by atoms with E-state index in [0.717, 1.165) is 25.9 Å². The van der Waals surface area contributed by atoms with Crippen molar-refractivity contribution in [2.45, 2.75) is 18.9 Å². The molecule has 1 fully saturated rings. The monoisotopic (exact) mass is 284 g/mol. The average Bonchev–Trinajstić information content (AvgIpc) is 2.87. The van der Waals surface area contributed by atoms with Crippen molar-refractivity contribution in [3.63, 3.8) is 0 Å². The van der Waals surface area contributed by atoms with Crippen LogP contribution < -0.4 is 20.1 Å². The molecule has 1 amide bonds. The molecule has 1 aromatic rings. The molecule has 2 aliphatic heterocycles. The summed E-state index contributed by atoms with van der Waals surface area (Å²) in [4.78, 5) is 12.1. The zero-order valence-corrected chi connectivity index (χ0v) is 11.3. The summed E-state index contributed by atoms with van der Waals surface area (Å²) in [6.07, 6.45) is 1.96. The second-order valence-electron chi connectivity index (χ2n) is 4.57. The zero-order chi connectivity index (χ0) is 12.4. The molecule has 104 valence electrons. The van der Waals surface area contributed by atoms with Crippen molar-refractivity contribution in [2.75, 3.05) is 19.9 Å². The first-order valence-electron chi connectivity index (χ1n) is 6.24.